The molecule has 0 saturated carbocycles. The molecule has 1 atom stereocenters. The van der Waals surface area contributed by atoms with Crippen LogP contribution in [0.25, 0.3) is 0 Å². The smallest absolute Gasteiger partial charge is 0.253 e. The van der Waals surface area contributed by atoms with Gasteiger partial charge in [0.1, 0.15) is 6.67 Å². The van der Waals surface area contributed by atoms with Gasteiger partial charge in [-0.15, -0.1) is 0 Å². The summed E-state index contributed by atoms with van der Waals surface area (Å²) in [6.07, 6.45) is 2.75. The predicted octanol–water partition coefficient (Wildman–Crippen LogP) is 0.564. The SMILES string of the molecule is CC(CF)NC(=O)c1ccnnc1. The first-order chi connectivity index (χ1) is 6.24. The van der Waals surface area contributed by atoms with Crippen molar-refractivity contribution in [3.05, 3.63) is 24.0 Å². The Balaban J connectivity index is 2.59. The third kappa shape index (κ3) is 2.77. The molecule has 1 heterocycles. The zero-order chi connectivity index (χ0) is 9.68. The van der Waals surface area contributed by atoms with Crippen molar-refractivity contribution in [2.24, 2.45) is 0 Å². The molecule has 5 heteroatoms. The summed E-state index contributed by atoms with van der Waals surface area (Å²) >= 11 is 0. The average molecular weight is 183 g/mol. The van der Waals surface area contributed by atoms with Gasteiger partial charge >= 0.3 is 0 Å². The zero-order valence-corrected chi connectivity index (χ0v) is 7.20. The van der Waals surface area contributed by atoms with Crippen LogP contribution in [0.5, 0.6) is 0 Å². The van der Waals surface area contributed by atoms with Crippen molar-refractivity contribution >= 4 is 5.91 Å². The van der Waals surface area contributed by atoms with E-state index < -0.39 is 12.7 Å². The summed E-state index contributed by atoms with van der Waals surface area (Å²) in [5.74, 6) is -0.333. The van der Waals surface area contributed by atoms with E-state index in [1.54, 1.807) is 6.92 Å². The van der Waals surface area contributed by atoms with Crippen molar-refractivity contribution in [2.45, 2.75) is 13.0 Å². The minimum Gasteiger partial charge on any atom is -0.347 e. The monoisotopic (exact) mass is 183 g/mol. The number of carbonyl (C=O) groups excluding carboxylic acids is 1. The summed E-state index contributed by atoms with van der Waals surface area (Å²) in [5.41, 5.74) is 0.385. The van der Waals surface area contributed by atoms with E-state index in [1.807, 2.05) is 0 Å². The lowest BCUT2D eigenvalue weighted by atomic mass is 10.2. The van der Waals surface area contributed by atoms with Crippen LogP contribution in [0, 0.1) is 0 Å². The van der Waals surface area contributed by atoms with Crippen LogP contribution < -0.4 is 5.32 Å². The lowest BCUT2D eigenvalue weighted by molar-refractivity contribution is 0.0933. The maximum atomic E-state index is 12.0. The number of aromatic nitrogens is 2. The van der Waals surface area contributed by atoms with E-state index in [4.69, 9.17) is 0 Å². The molecule has 0 aromatic carbocycles. The second-order valence-electron chi connectivity index (χ2n) is 2.66. The fraction of sp³-hybridized carbons (Fsp3) is 0.375. The van der Waals surface area contributed by atoms with Crippen LogP contribution in [-0.2, 0) is 0 Å². The normalized spacial score (nSPS) is 12.2. The molecule has 4 nitrogen and oxygen atoms in total. The lowest BCUT2D eigenvalue weighted by Crippen LogP contribution is -2.33. The second-order valence-corrected chi connectivity index (χ2v) is 2.66. The van der Waals surface area contributed by atoms with Crippen molar-refractivity contribution < 1.29 is 9.18 Å². The Kier molecular flexibility index (Phi) is 3.31. The van der Waals surface area contributed by atoms with Gasteiger partial charge in [0.15, 0.2) is 0 Å². The van der Waals surface area contributed by atoms with Gasteiger partial charge in [0.2, 0.25) is 0 Å². The second kappa shape index (κ2) is 4.49. The molecule has 70 valence electrons. The number of halogens is 1. The van der Waals surface area contributed by atoms with Crippen molar-refractivity contribution in [3.8, 4) is 0 Å². The number of hydrogen-bond acceptors (Lipinski definition) is 3. The molecule has 1 N–H and O–H groups in total. The van der Waals surface area contributed by atoms with E-state index in [0.29, 0.717) is 5.56 Å². The number of carbonyl (C=O) groups is 1. The molecule has 1 unspecified atom stereocenters. The highest BCUT2D eigenvalue weighted by molar-refractivity contribution is 5.93. The fourth-order valence-electron chi connectivity index (χ4n) is 0.771. The third-order valence-corrected chi connectivity index (χ3v) is 1.46. The molecule has 0 aliphatic heterocycles. The molecule has 0 bridgehead atoms. The van der Waals surface area contributed by atoms with Gasteiger partial charge in [-0.2, -0.15) is 10.2 Å². The largest absolute Gasteiger partial charge is 0.347 e. The predicted molar refractivity (Wildman–Crippen MR) is 44.9 cm³/mol. The Morgan fingerprint density at radius 3 is 3.00 bits per heavy atom. The Bertz CT molecular complexity index is 278. The maximum Gasteiger partial charge on any atom is 0.253 e. The van der Waals surface area contributed by atoms with Crippen molar-refractivity contribution in [2.75, 3.05) is 6.67 Å². The average Bonchev–Trinajstić information content (AvgIpc) is 2.19. The third-order valence-electron chi connectivity index (χ3n) is 1.46. The van der Waals surface area contributed by atoms with Crippen LogP contribution in [0.15, 0.2) is 18.5 Å². The topological polar surface area (TPSA) is 54.9 Å². The van der Waals surface area contributed by atoms with Crippen LogP contribution in [0.3, 0.4) is 0 Å². The standard InChI is InChI=1S/C8H10FN3O/c1-6(4-9)12-8(13)7-2-3-10-11-5-7/h2-3,5-6H,4H2,1H3,(H,12,13). The van der Waals surface area contributed by atoms with Gasteiger partial charge in [-0.3, -0.25) is 4.79 Å². The van der Waals surface area contributed by atoms with Gasteiger partial charge in [0.05, 0.1) is 24.0 Å². The Hall–Kier alpha value is -1.52. The number of hydrogen-bond donors (Lipinski definition) is 1. The van der Waals surface area contributed by atoms with Gasteiger partial charge in [-0.25, -0.2) is 4.39 Å². The maximum absolute atomic E-state index is 12.0. The zero-order valence-electron chi connectivity index (χ0n) is 7.20. The van der Waals surface area contributed by atoms with Gasteiger partial charge in [0, 0.05) is 0 Å². The molecule has 0 aliphatic carbocycles. The van der Waals surface area contributed by atoms with Gasteiger partial charge < -0.3 is 5.32 Å². The highest BCUT2D eigenvalue weighted by Gasteiger charge is 2.08. The minimum absolute atomic E-state index is 0.333. The van der Waals surface area contributed by atoms with Crippen LogP contribution >= 0.6 is 0 Å². The summed E-state index contributed by atoms with van der Waals surface area (Å²) in [6, 6.07) is 1.05. The molecule has 0 saturated heterocycles. The van der Waals surface area contributed by atoms with Gasteiger partial charge in [0.25, 0.3) is 5.91 Å². The fourth-order valence-corrected chi connectivity index (χ4v) is 0.771. The Morgan fingerprint density at radius 1 is 1.69 bits per heavy atom. The highest BCUT2D eigenvalue weighted by atomic mass is 19.1. The molecule has 1 amide bonds. The molecule has 0 fully saturated rings. The number of alkyl halides is 1. The number of nitrogens with one attached hydrogen (secondary N) is 1. The van der Waals surface area contributed by atoms with E-state index in [2.05, 4.69) is 15.5 Å². The molecule has 0 spiro atoms. The van der Waals surface area contributed by atoms with Crippen molar-refractivity contribution in [1.82, 2.24) is 15.5 Å². The number of amides is 1. The number of nitrogens with zero attached hydrogens (tertiary/aromatic N) is 2. The quantitative estimate of drug-likeness (QED) is 0.745. The summed E-state index contributed by atoms with van der Waals surface area (Å²) < 4.78 is 12.0. The van der Waals surface area contributed by atoms with Gasteiger partial charge in [-0.1, -0.05) is 0 Å². The summed E-state index contributed by atoms with van der Waals surface area (Å²) in [5, 5.41) is 9.52. The number of rotatable bonds is 3. The molecular weight excluding hydrogens is 173 g/mol. The first-order valence-electron chi connectivity index (χ1n) is 3.87. The van der Waals surface area contributed by atoms with Crippen molar-refractivity contribution in [3.63, 3.8) is 0 Å². The molecule has 1 rings (SSSR count). The van der Waals surface area contributed by atoms with E-state index in [9.17, 15) is 9.18 Å². The van der Waals surface area contributed by atoms with Crippen LogP contribution in [0.2, 0.25) is 0 Å². The van der Waals surface area contributed by atoms with E-state index in [1.165, 1.54) is 18.5 Å². The summed E-state index contributed by atoms with van der Waals surface area (Å²) in [6.45, 7) is 1.01. The minimum atomic E-state index is -0.579. The molecule has 1 aromatic rings. The van der Waals surface area contributed by atoms with Crippen LogP contribution in [0.1, 0.15) is 17.3 Å². The summed E-state index contributed by atoms with van der Waals surface area (Å²) in [7, 11) is 0. The highest BCUT2D eigenvalue weighted by Crippen LogP contribution is 1.94. The summed E-state index contributed by atoms with van der Waals surface area (Å²) in [4.78, 5) is 11.3. The lowest BCUT2D eigenvalue weighted by Gasteiger charge is -2.08. The Morgan fingerprint density at radius 2 is 2.46 bits per heavy atom. The molecule has 0 radical (unpaired) electrons. The van der Waals surface area contributed by atoms with E-state index in [-0.39, 0.29) is 5.91 Å². The molecular formula is C8H10FN3O. The van der Waals surface area contributed by atoms with Gasteiger partial charge in [-0.05, 0) is 13.0 Å². The van der Waals surface area contributed by atoms with E-state index >= 15 is 0 Å². The van der Waals surface area contributed by atoms with Crippen LogP contribution in [0.4, 0.5) is 4.39 Å². The van der Waals surface area contributed by atoms with Crippen molar-refractivity contribution in [1.29, 1.82) is 0 Å². The first kappa shape index (κ1) is 9.57. The Labute approximate surface area is 75.2 Å². The molecule has 13 heavy (non-hydrogen) atoms. The molecule has 1 aromatic heterocycles. The van der Waals surface area contributed by atoms with Crippen LogP contribution in [-0.4, -0.2) is 28.8 Å². The first-order valence-corrected chi connectivity index (χ1v) is 3.87. The van der Waals surface area contributed by atoms with E-state index in [0.717, 1.165) is 0 Å². The molecule has 0 aliphatic rings.